The van der Waals surface area contributed by atoms with Gasteiger partial charge in [0.05, 0.1) is 26.2 Å². The van der Waals surface area contributed by atoms with E-state index < -0.39 is 79.4 Å². The molecule has 1 saturated heterocycles. The molecule has 0 spiro atoms. The topological polar surface area (TPSA) is 184 Å². The number of benzene rings is 1. The van der Waals surface area contributed by atoms with Crippen molar-refractivity contribution >= 4 is 29.8 Å². The number of carbonyl (C=O) groups excluding carboxylic acids is 5. The van der Waals surface area contributed by atoms with Crippen LogP contribution in [0.4, 0.5) is 0 Å². The van der Waals surface area contributed by atoms with E-state index in [0.29, 0.717) is 0 Å². The predicted octanol–water partition coefficient (Wildman–Crippen LogP) is 2.03. The lowest BCUT2D eigenvalue weighted by molar-refractivity contribution is -0.176. The molecule has 2 unspecified atom stereocenters. The monoisotopic (exact) mass is 674 g/mol. The Labute approximate surface area is 278 Å². The van der Waals surface area contributed by atoms with Crippen LogP contribution in [0.1, 0.15) is 43.7 Å². The second-order valence-electron chi connectivity index (χ2n) is 11.1. The third-order valence-electron chi connectivity index (χ3n) is 7.16. The van der Waals surface area contributed by atoms with Gasteiger partial charge in [-0.1, -0.05) is 44.2 Å². The lowest BCUT2D eigenvalue weighted by Gasteiger charge is -2.29. The molecule has 3 rings (SSSR count). The zero-order chi connectivity index (χ0) is 35.2. The average Bonchev–Trinajstić information content (AvgIpc) is 3.10. The van der Waals surface area contributed by atoms with Gasteiger partial charge in [-0.3, -0.25) is 14.4 Å². The Morgan fingerprint density at radius 2 is 1.73 bits per heavy atom. The first-order valence-electron chi connectivity index (χ1n) is 15.3. The van der Waals surface area contributed by atoms with Gasteiger partial charge < -0.3 is 43.2 Å². The minimum atomic E-state index is -1.48. The normalized spacial score (nSPS) is 20.2. The van der Waals surface area contributed by atoms with Gasteiger partial charge in [-0.15, -0.1) is 0 Å². The zero-order valence-electron chi connectivity index (χ0n) is 27.8. The Kier molecular flexibility index (Phi) is 14.6. The number of ether oxygens (including phenoxy) is 8. The van der Waals surface area contributed by atoms with E-state index in [1.165, 1.54) is 40.3 Å². The maximum atomic E-state index is 13.5. The molecule has 5 atom stereocenters. The molecule has 2 aromatic rings. The van der Waals surface area contributed by atoms with E-state index >= 15 is 0 Å². The van der Waals surface area contributed by atoms with Crippen LogP contribution in [0.5, 0.6) is 11.5 Å². The van der Waals surface area contributed by atoms with E-state index in [4.69, 9.17) is 37.9 Å². The van der Waals surface area contributed by atoms with Gasteiger partial charge in [-0.25, -0.2) is 14.6 Å². The molecule has 2 heterocycles. The van der Waals surface area contributed by atoms with Crippen LogP contribution in [0.2, 0.25) is 0 Å². The minimum Gasteiger partial charge on any atom is -0.493 e. The van der Waals surface area contributed by atoms with Crippen molar-refractivity contribution in [2.75, 3.05) is 40.8 Å². The summed E-state index contributed by atoms with van der Waals surface area (Å²) in [7, 11) is 2.82. The van der Waals surface area contributed by atoms with E-state index in [-0.39, 0.29) is 36.8 Å². The highest BCUT2D eigenvalue weighted by Crippen LogP contribution is 2.30. The van der Waals surface area contributed by atoms with Crippen molar-refractivity contribution in [1.29, 1.82) is 0 Å². The number of amides is 1. The van der Waals surface area contributed by atoms with Crippen LogP contribution < -0.4 is 14.8 Å². The number of aromatic nitrogens is 1. The Hall–Kier alpha value is -4.76. The van der Waals surface area contributed by atoms with Crippen LogP contribution >= 0.6 is 0 Å². The van der Waals surface area contributed by atoms with Gasteiger partial charge in [-0.2, -0.15) is 0 Å². The fourth-order valence-corrected chi connectivity index (χ4v) is 4.51. The summed E-state index contributed by atoms with van der Waals surface area (Å²) in [5.41, 5.74) is 0.440. The number of nitrogens with one attached hydrogen (secondary N) is 1. The van der Waals surface area contributed by atoms with Crippen molar-refractivity contribution in [2.45, 2.75) is 58.5 Å². The third kappa shape index (κ3) is 10.6. The van der Waals surface area contributed by atoms with Crippen molar-refractivity contribution in [1.82, 2.24) is 10.3 Å². The number of cyclic esters (lactones) is 2. The Balaban J connectivity index is 1.79. The Bertz CT molecular complexity index is 1400. The van der Waals surface area contributed by atoms with Crippen molar-refractivity contribution in [3.05, 3.63) is 53.9 Å². The first-order chi connectivity index (χ1) is 23.0. The lowest BCUT2D eigenvalue weighted by atomic mass is 9.91. The molecule has 1 aromatic carbocycles. The first-order valence-corrected chi connectivity index (χ1v) is 15.3. The molecular weight excluding hydrogens is 632 g/mol. The van der Waals surface area contributed by atoms with Gasteiger partial charge in [0.2, 0.25) is 6.79 Å². The summed E-state index contributed by atoms with van der Waals surface area (Å²) in [6.45, 7) is 5.49. The maximum Gasteiger partial charge on any atom is 0.337 e. The van der Waals surface area contributed by atoms with E-state index in [1.54, 1.807) is 38.1 Å². The molecule has 48 heavy (non-hydrogen) atoms. The van der Waals surface area contributed by atoms with Crippen LogP contribution in [0, 0.1) is 11.8 Å². The van der Waals surface area contributed by atoms with Crippen LogP contribution in [0.25, 0.3) is 0 Å². The van der Waals surface area contributed by atoms with Gasteiger partial charge >= 0.3 is 23.9 Å². The van der Waals surface area contributed by atoms with E-state index in [9.17, 15) is 24.0 Å². The maximum absolute atomic E-state index is 13.5. The number of esters is 4. The second kappa shape index (κ2) is 18.5. The van der Waals surface area contributed by atoms with Crippen molar-refractivity contribution in [3.63, 3.8) is 0 Å². The zero-order valence-corrected chi connectivity index (χ0v) is 27.8. The van der Waals surface area contributed by atoms with Gasteiger partial charge in [-0.05, 0) is 25.8 Å². The number of pyridine rings is 1. The summed E-state index contributed by atoms with van der Waals surface area (Å²) in [4.78, 5) is 69.2. The molecule has 15 heteroatoms. The van der Waals surface area contributed by atoms with E-state index in [2.05, 4.69) is 10.3 Å². The summed E-state index contributed by atoms with van der Waals surface area (Å²) in [6.07, 6.45) is -1.79. The molecule has 1 amide bonds. The molecule has 0 saturated carbocycles. The third-order valence-corrected chi connectivity index (χ3v) is 7.16. The summed E-state index contributed by atoms with van der Waals surface area (Å²) in [5, 5.41) is 2.46. The smallest absolute Gasteiger partial charge is 0.337 e. The molecule has 262 valence electrons. The summed E-state index contributed by atoms with van der Waals surface area (Å²) < 4.78 is 43.0. The van der Waals surface area contributed by atoms with Crippen LogP contribution in [-0.2, 0) is 54.0 Å². The Morgan fingerprint density at radius 3 is 2.40 bits per heavy atom. The number of hydrogen-bond acceptors (Lipinski definition) is 14. The van der Waals surface area contributed by atoms with Gasteiger partial charge in [0.25, 0.3) is 5.91 Å². The molecule has 15 nitrogen and oxygen atoms in total. The SMILES string of the molecule is COCCOC(C)C(=O)OCOc1c(OC)ccnc1C(=O)N[C@H]1COC(=O)C(Cc2ccccc2)[C@@H](OC(=O)C(C)C)[C@H](C)OC1=O. The van der Waals surface area contributed by atoms with Crippen LogP contribution in [0.15, 0.2) is 42.6 Å². The fourth-order valence-electron chi connectivity index (χ4n) is 4.51. The summed E-state index contributed by atoms with van der Waals surface area (Å²) in [6, 6.07) is 8.96. The highest BCUT2D eigenvalue weighted by molar-refractivity contribution is 5.98. The van der Waals surface area contributed by atoms with Gasteiger partial charge in [0, 0.05) is 19.4 Å². The highest BCUT2D eigenvalue weighted by Gasteiger charge is 2.42. The van der Waals surface area contributed by atoms with E-state index in [1.807, 2.05) is 6.07 Å². The van der Waals surface area contributed by atoms with Gasteiger partial charge in [0.1, 0.15) is 18.6 Å². The molecule has 0 bridgehead atoms. The minimum absolute atomic E-state index is 0.0752. The van der Waals surface area contributed by atoms with Crippen LogP contribution in [0.3, 0.4) is 0 Å². The van der Waals surface area contributed by atoms with Crippen LogP contribution in [-0.4, -0.2) is 100.0 Å². The van der Waals surface area contributed by atoms with Gasteiger partial charge in [0.15, 0.2) is 35.4 Å². The number of hydrogen-bond donors (Lipinski definition) is 1. The molecular formula is C33H42N2O13. The number of nitrogens with zero attached hydrogens (tertiary/aromatic N) is 1. The second-order valence-corrected chi connectivity index (χ2v) is 11.1. The summed E-state index contributed by atoms with van der Waals surface area (Å²) >= 11 is 0. The fraction of sp³-hybridized carbons (Fsp3) is 0.515. The highest BCUT2D eigenvalue weighted by atomic mass is 16.7. The molecule has 0 radical (unpaired) electrons. The number of rotatable bonds is 15. The molecule has 1 aromatic heterocycles. The average molecular weight is 675 g/mol. The lowest BCUT2D eigenvalue weighted by Crippen LogP contribution is -2.47. The molecule has 1 aliphatic rings. The van der Waals surface area contributed by atoms with Crippen molar-refractivity contribution < 1.29 is 61.9 Å². The largest absolute Gasteiger partial charge is 0.493 e. The van der Waals surface area contributed by atoms with Crippen molar-refractivity contribution in [2.24, 2.45) is 11.8 Å². The molecule has 1 fully saturated rings. The predicted molar refractivity (Wildman–Crippen MR) is 166 cm³/mol. The number of methoxy groups -OCH3 is 2. The molecule has 0 aliphatic carbocycles. The first kappa shape index (κ1) is 37.7. The molecule has 1 aliphatic heterocycles. The number of carbonyl (C=O) groups is 5. The van der Waals surface area contributed by atoms with E-state index in [0.717, 1.165) is 5.56 Å². The quantitative estimate of drug-likeness (QED) is 0.125. The standard InChI is InChI=1S/C33H42N2O13/c1-19(2)30(37)48-27-20(3)47-33(40)24(17-44-32(39)23(27)16-22-10-8-7-9-11-22)35-29(36)26-28(25(42-6)12-13-34-26)45-18-46-31(38)21(4)43-15-14-41-5/h7-13,19-21,23-24,27H,14-18H2,1-6H3,(H,35,36)/t20-,21?,23?,24-,27-/m0/s1. The van der Waals surface area contributed by atoms with Crippen molar-refractivity contribution in [3.8, 4) is 11.5 Å². The Morgan fingerprint density at radius 1 is 1.00 bits per heavy atom. The summed E-state index contributed by atoms with van der Waals surface area (Å²) in [5.74, 6) is -5.60. The molecule has 1 N–H and O–H groups in total.